The van der Waals surface area contributed by atoms with E-state index >= 15 is 0 Å². The van der Waals surface area contributed by atoms with Crippen molar-refractivity contribution in [2.45, 2.75) is 0 Å². The molecule has 0 bridgehead atoms. The van der Waals surface area contributed by atoms with Gasteiger partial charge >= 0.3 is 11.8 Å². The maximum atomic E-state index is 11.9. The fourth-order valence-electron chi connectivity index (χ4n) is 2.20. The standard InChI is InChI=1S/C18H22N4O6/c1-25-13-7-5-11(9-15(13)27-3)19-21-17(23)18(24)22-20-12-6-8-14(26-2)16(10-12)28-4/h5-10,19-20H,1-4H3,(H,21,23)(H,22,24). The van der Waals surface area contributed by atoms with Crippen LogP contribution in [0, 0.1) is 0 Å². The molecule has 0 saturated carbocycles. The number of anilines is 2. The molecule has 10 nitrogen and oxygen atoms in total. The van der Waals surface area contributed by atoms with E-state index in [1.54, 1.807) is 36.4 Å². The fraction of sp³-hybridized carbons (Fsp3) is 0.222. The SMILES string of the molecule is COc1ccc(NNC(=O)C(=O)NNc2ccc(OC)c(OC)c2)cc1OC. The average Bonchev–Trinajstić information content (AvgIpc) is 2.74. The molecular weight excluding hydrogens is 368 g/mol. The Kier molecular flexibility index (Phi) is 7.14. The van der Waals surface area contributed by atoms with E-state index in [-0.39, 0.29) is 0 Å². The summed E-state index contributed by atoms with van der Waals surface area (Å²) in [5.74, 6) is 0.223. The van der Waals surface area contributed by atoms with E-state index in [0.717, 1.165) is 0 Å². The Balaban J connectivity index is 1.89. The first-order valence-electron chi connectivity index (χ1n) is 8.08. The first-order chi connectivity index (χ1) is 13.5. The second kappa shape index (κ2) is 9.76. The molecule has 0 saturated heterocycles. The van der Waals surface area contributed by atoms with Crippen LogP contribution in [-0.2, 0) is 9.59 Å². The minimum Gasteiger partial charge on any atom is -0.493 e. The molecule has 0 heterocycles. The van der Waals surface area contributed by atoms with E-state index in [9.17, 15) is 9.59 Å². The van der Waals surface area contributed by atoms with Gasteiger partial charge in [-0.3, -0.25) is 31.3 Å². The van der Waals surface area contributed by atoms with Gasteiger partial charge in [0.15, 0.2) is 23.0 Å². The Morgan fingerprint density at radius 2 is 0.964 bits per heavy atom. The van der Waals surface area contributed by atoms with Crippen LogP contribution in [0.1, 0.15) is 0 Å². The van der Waals surface area contributed by atoms with E-state index in [2.05, 4.69) is 21.7 Å². The summed E-state index contributed by atoms with van der Waals surface area (Å²) >= 11 is 0. The number of carbonyl (C=O) groups is 2. The summed E-state index contributed by atoms with van der Waals surface area (Å²) in [6, 6.07) is 9.85. The second-order valence-corrected chi connectivity index (χ2v) is 5.30. The zero-order valence-electron chi connectivity index (χ0n) is 15.9. The van der Waals surface area contributed by atoms with Gasteiger partial charge < -0.3 is 18.9 Å². The highest BCUT2D eigenvalue weighted by Gasteiger charge is 2.14. The van der Waals surface area contributed by atoms with Crippen LogP contribution in [0.15, 0.2) is 36.4 Å². The number of methoxy groups -OCH3 is 4. The molecule has 150 valence electrons. The van der Waals surface area contributed by atoms with Crippen LogP contribution in [0.2, 0.25) is 0 Å². The summed E-state index contributed by atoms with van der Waals surface area (Å²) in [5, 5.41) is 0. The van der Waals surface area contributed by atoms with Crippen molar-refractivity contribution in [3.8, 4) is 23.0 Å². The van der Waals surface area contributed by atoms with Crippen LogP contribution in [0.5, 0.6) is 23.0 Å². The van der Waals surface area contributed by atoms with Gasteiger partial charge in [-0.05, 0) is 24.3 Å². The Morgan fingerprint density at radius 3 is 1.29 bits per heavy atom. The molecule has 0 radical (unpaired) electrons. The van der Waals surface area contributed by atoms with Crippen molar-refractivity contribution >= 4 is 23.2 Å². The molecule has 10 heteroatoms. The van der Waals surface area contributed by atoms with E-state index in [1.165, 1.54) is 28.4 Å². The number of hydrazine groups is 2. The predicted molar refractivity (Wildman–Crippen MR) is 103 cm³/mol. The van der Waals surface area contributed by atoms with Gasteiger partial charge in [-0.15, -0.1) is 0 Å². The van der Waals surface area contributed by atoms with Crippen LogP contribution >= 0.6 is 0 Å². The van der Waals surface area contributed by atoms with E-state index in [4.69, 9.17) is 18.9 Å². The third kappa shape index (κ3) is 5.10. The van der Waals surface area contributed by atoms with Crippen molar-refractivity contribution in [3.05, 3.63) is 36.4 Å². The topological polar surface area (TPSA) is 119 Å². The number of hydrogen-bond donors (Lipinski definition) is 4. The van der Waals surface area contributed by atoms with Crippen molar-refractivity contribution in [1.29, 1.82) is 0 Å². The van der Waals surface area contributed by atoms with E-state index in [1.807, 2.05) is 0 Å². The summed E-state index contributed by atoms with van der Waals surface area (Å²) < 4.78 is 20.6. The molecule has 0 atom stereocenters. The molecule has 4 N–H and O–H groups in total. The lowest BCUT2D eigenvalue weighted by Crippen LogP contribution is -2.44. The maximum Gasteiger partial charge on any atom is 0.329 e. The average molecular weight is 390 g/mol. The number of amides is 2. The van der Waals surface area contributed by atoms with Crippen molar-refractivity contribution in [2.24, 2.45) is 0 Å². The van der Waals surface area contributed by atoms with Gasteiger partial charge in [-0.2, -0.15) is 0 Å². The first-order valence-corrected chi connectivity index (χ1v) is 8.08. The minimum absolute atomic E-state index is 0.473. The van der Waals surface area contributed by atoms with Crippen LogP contribution in [0.4, 0.5) is 11.4 Å². The molecule has 0 aliphatic rings. The molecule has 2 aromatic carbocycles. The fourth-order valence-corrected chi connectivity index (χ4v) is 2.20. The summed E-state index contributed by atoms with van der Waals surface area (Å²) in [6.45, 7) is 0. The molecule has 2 rings (SSSR count). The Hall–Kier alpha value is -3.82. The molecule has 0 spiro atoms. The van der Waals surface area contributed by atoms with Crippen molar-refractivity contribution in [3.63, 3.8) is 0 Å². The van der Waals surface area contributed by atoms with Crippen LogP contribution in [0.3, 0.4) is 0 Å². The van der Waals surface area contributed by atoms with Gasteiger partial charge in [0.05, 0.1) is 39.8 Å². The molecular formula is C18H22N4O6. The van der Waals surface area contributed by atoms with Gasteiger partial charge in [0.1, 0.15) is 0 Å². The Bertz CT molecular complexity index is 773. The van der Waals surface area contributed by atoms with Crippen LogP contribution in [0.25, 0.3) is 0 Å². The summed E-state index contributed by atoms with van der Waals surface area (Å²) in [7, 11) is 6.02. The largest absolute Gasteiger partial charge is 0.493 e. The third-order valence-electron chi connectivity index (χ3n) is 3.61. The van der Waals surface area contributed by atoms with Gasteiger partial charge in [0.25, 0.3) is 0 Å². The molecule has 0 aliphatic heterocycles. The minimum atomic E-state index is -0.900. The number of benzene rings is 2. The number of ether oxygens (including phenoxy) is 4. The zero-order valence-corrected chi connectivity index (χ0v) is 15.9. The Morgan fingerprint density at radius 1 is 0.607 bits per heavy atom. The summed E-state index contributed by atoms with van der Waals surface area (Å²) in [4.78, 5) is 23.8. The summed E-state index contributed by atoms with van der Waals surface area (Å²) in [5.41, 5.74) is 10.8. The highest BCUT2D eigenvalue weighted by molar-refractivity contribution is 6.35. The second-order valence-electron chi connectivity index (χ2n) is 5.30. The summed E-state index contributed by atoms with van der Waals surface area (Å²) in [6.07, 6.45) is 0. The van der Waals surface area contributed by atoms with Crippen molar-refractivity contribution in [2.75, 3.05) is 39.3 Å². The molecule has 0 aromatic heterocycles. The number of carbonyl (C=O) groups excluding carboxylic acids is 2. The first kappa shape index (κ1) is 20.5. The normalized spacial score (nSPS) is 9.71. The van der Waals surface area contributed by atoms with Crippen LogP contribution < -0.4 is 40.7 Å². The number of nitrogens with one attached hydrogen (secondary N) is 4. The Labute approximate surface area is 162 Å². The number of rotatable bonds is 8. The van der Waals surface area contributed by atoms with Crippen LogP contribution in [-0.4, -0.2) is 40.3 Å². The van der Waals surface area contributed by atoms with Gasteiger partial charge in [0.2, 0.25) is 0 Å². The lowest BCUT2D eigenvalue weighted by Gasteiger charge is -2.13. The molecule has 0 fully saturated rings. The lowest BCUT2D eigenvalue weighted by molar-refractivity contribution is -0.138. The molecule has 28 heavy (non-hydrogen) atoms. The molecule has 0 aliphatic carbocycles. The molecule has 0 unspecified atom stereocenters. The van der Waals surface area contributed by atoms with Gasteiger partial charge in [-0.1, -0.05) is 0 Å². The smallest absolute Gasteiger partial charge is 0.329 e. The highest BCUT2D eigenvalue weighted by Crippen LogP contribution is 2.30. The third-order valence-corrected chi connectivity index (χ3v) is 3.61. The molecule has 2 aromatic rings. The maximum absolute atomic E-state index is 11.9. The predicted octanol–water partition coefficient (Wildman–Crippen LogP) is 1.31. The lowest BCUT2D eigenvalue weighted by atomic mass is 10.3. The quantitative estimate of drug-likeness (QED) is 0.393. The zero-order chi connectivity index (χ0) is 20.5. The highest BCUT2D eigenvalue weighted by atomic mass is 16.5. The number of hydrogen-bond acceptors (Lipinski definition) is 8. The van der Waals surface area contributed by atoms with Gasteiger partial charge in [-0.25, -0.2) is 0 Å². The monoisotopic (exact) mass is 390 g/mol. The molecule has 2 amide bonds. The van der Waals surface area contributed by atoms with E-state index < -0.39 is 11.8 Å². The van der Waals surface area contributed by atoms with E-state index in [0.29, 0.717) is 34.4 Å². The van der Waals surface area contributed by atoms with Crippen molar-refractivity contribution in [1.82, 2.24) is 10.9 Å². The van der Waals surface area contributed by atoms with Crippen molar-refractivity contribution < 1.29 is 28.5 Å². The van der Waals surface area contributed by atoms with Gasteiger partial charge in [0, 0.05) is 12.1 Å².